The lowest BCUT2D eigenvalue weighted by Gasteiger charge is -2.21. The van der Waals surface area contributed by atoms with Gasteiger partial charge in [-0.15, -0.1) is 0 Å². The highest BCUT2D eigenvalue weighted by atomic mass is 32.2. The fraction of sp³-hybridized carbons (Fsp3) is 0.417. The largest absolute Gasteiger partial charge is 0.354 e. The van der Waals surface area contributed by atoms with Gasteiger partial charge in [-0.2, -0.15) is 0 Å². The monoisotopic (exact) mass is 453 g/mol. The summed E-state index contributed by atoms with van der Waals surface area (Å²) in [5.74, 6) is 0.883. The molecular formula is C24H31N5O2S. The van der Waals surface area contributed by atoms with Gasteiger partial charge in [-0.05, 0) is 68.2 Å². The molecule has 170 valence electrons. The van der Waals surface area contributed by atoms with E-state index in [4.69, 9.17) is 0 Å². The van der Waals surface area contributed by atoms with E-state index in [0.29, 0.717) is 22.5 Å². The maximum Gasteiger partial charge on any atom is 0.290 e. The van der Waals surface area contributed by atoms with Crippen LogP contribution in [-0.2, 0) is 11.2 Å². The smallest absolute Gasteiger partial charge is 0.290 e. The highest BCUT2D eigenvalue weighted by Crippen LogP contribution is 2.25. The van der Waals surface area contributed by atoms with E-state index >= 15 is 0 Å². The molecule has 0 radical (unpaired) electrons. The van der Waals surface area contributed by atoms with Crippen molar-refractivity contribution in [3.8, 4) is 0 Å². The van der Waals surface area contributed by atoms with Crippen LogP contribution in [0.15, 0.2) is 47.5 Å². The van der Waals surface area contributed by atoms with E-state index in [9.17, 15) is 9.59 Å². The van der Waals surface area contributed by atoms with Crippen LogP contribution in [0.1, 0.15) is 43.4 Å². The number of rotatable bonds is 7. The highest BCUT2D eigenvalue weighted by molar-refractivity contribution is 8.18. The number of hydrogen-bond acceptors (Lipinski definition) is 7. The molecule has 0 bridgehead atoms. The van der Waals surface area contributed by atoms with E-state index in [1.807, 2.05) is 13.1 Å². The van der Waals surface area contributed by atoms with Crippen molar-refractivity contribution >= 4 is 34.9 Å². The van der Waals surface area contributed by atoms with Gasteiger partial charge in [0.2, 0.25) is 5.95 Å². The van der Waals surface area contributed by atoms with Crippen molar-refractivity contribution in [2.45, 2.75) is 38.5 Å². The molecule has 0 spiro atoms. The summed E-state index contributed by atoms with van der Waals surface area (Å²) >= 11 is 0.891. The molecule has 0 unspecified atom stereocenters. The maximum absolute atomic E-state index is 11.5. The zero-order chi connectivity index (χ0) is 22.6. The number of carbonyl (C=O) groups excluding carboxylic acids is 2. The molecule has 1 saturated heterocycles. The SMILES string of the molecule is CNCCc1ccccc1.O=C1NC(=O)/C(=C/c2ccnc(NCC3CCCCC3)n2)S1. The Labute approximate surface area is 193 Å². The van der Waals surface area contributed by atoms with E-state index in [1.54, 1.807) is 18.3 Å². The van der Waals surface area contributed by atoms with Crippen LogP contribution in [0.5, 0.6) is 0 Å². The van der Waals surface area contributed by atoms with Crippen LogP contribution in [0.3, 0.4) is 0 Å². The molecule has 4 rings (SSSR count). The van der Waals surface area contributed by atoms with E-state index in [0.717, 1.165) is 31.3 Å². The van der Waals surface area contributed by atoms with Crippen LogP contribution in [0, 0.1) is 5.92 Å². The van der Waals surface area contributed by atoms with Gasteiger partial charge in [-0.3, -0.25) is 14.9 Å². The number of amides is 2. The fourth-order valence-corrected chi connectivity index (χ4v) is 4.30. The van der Waals surface area contributed by atoms with Gasteiger partial charge in [-0.1, -0.05) is 49.6 Å². The number of nitrogens with zero attached hydrogens (tertiary/aromatic N) is 2. The molecular weight excluding hydrogens is 422 g/mol. The van der Waals surface area contributed by atoms with Crippen LogP contribution in [0.4, 0.5) is 10.7 Å². The zero-order valence-electron chi connectivity index (χ0n) is 18.5. The van der Waals surface area contributed by atoms with Crippen molar-refractivity contribution < 1.29 is 9.59 Å². The van der Waals surface area contributed by atoms with Crippen molar-refractivity contribution in [3.05, 3.63) is 58.8 Å². The standard InChI is InChI=1S/C15H18N4O2S.C9H13N/c20-13-12(22-15(21)19-13)8-11-6-7-16-14(18-11)17-9-10-4-2-1-3-5-10;1-10-8-7-9-5-3-2-4-6-9/h6-8,10H,1-5,9H2,(H,16,17,18)(H,19,20,21);2-6,10H,7-8H2,1H3/b12-8-;. The van der Waals surface area contributed by atoms with Gasteiger partial charge in [0.25, 0.3) is 11.1 Å². The third kappa shape index (κ3) is 8.09. The van der Waals surface area contributed by atoms with Crippen LogP contribution < -0.4 is 16.0 Å². The molecule has 3 N–H and O–H groups in total. The van der Waals surface area contributed by atoms with Crippen LogP contribution in [-0.4, -0.2) is 41.3 Å². The number of benzene rings is 1. The van der Waals surface area contributed by atoms with Crippen molar-refractivity contribution in [2.24, 2.45) is 5.92 Å². The second-order valence-electron chi connectivity index (χ2n) is 7.88. The minimum Gasteiger partial charge on any atom is -0.354 e. The van der Waals surface area contributed by atoms with Gasteiger partial charge in [-0.25, -0.2) is 9.97 Å². The lowest BCUT2D eigenvalue weighted by Crippen LogP contribution is -2.18. The minimum atomic E-state index is -0.370. The molecule has 1 saturated carbocycles. The molecule has 8 heteroatoms. The van der Waals surface area contributed by atoms with Crippen molar-refractivity contribution in [3.63, 3.8) is 0 Å². The average Bonchev–Trinajstić information content (AvgIpc) is 3.14. The number of anilines is 1. The molecule has 2 aromatic rings. The number of hydrogen-bond donors (Lipinski definition) is 3. The molecule has 2 fully saturated rings. The second kappa shape index (κ2) is 13.0. The summed E-state index contributed by atoms with van der Waals surface area (Å²) < 4.78 is 0. The van der Waals surface area contributed by atoms with E-state index in [-0.39, 0.29) is 11.1 Å². The number of aromatic nitrogens is 2. The fourth-order valence-electron chi connectivity index (χ4n) is 3.63. The normalized spacial score (nSPS) is 17.6. The summed E-state index contributed by atoms with van der Waals surface area (Å²) in [4.78, 5) is 31.6. The summed E-state index contributed by atoms with van der Waals surface area (Å²) in [5.41, 5.74) is 2.02. The predicted molar refractivity (Wildman–Crippen MR) is 130 cm³/mol. The number of carbonyl (C=O) groups is 2. The van der Waals surface area contributed by atoms with Crippen molar-refractivity contribution in [1.82, 2.24) is 20.6 Å². The van der Waals surface area contributed by atoms with Crippen LogP contribution in [0.2, 0.25) is 0 Å². The molecule has 1 aliphatic heterocycles. The molecule has 7 nitrogen and oxygen atoms in total. The first-order chi connectivity index (χ1) is 15.6. The summed E-state index contributed by atoms with van der Waals surface area (Å²) in [6.07, 6.45) is 10.9. The third-order valence-corrected chi connectivity index (χ3v) is 6.19. The number of imide groups is 1. The molecule has 2 amide bonds. The minimum absolute atomic E-state index is 0.346. The van der Waals surface area contributed by atoms with Gasteiger partial charge in [0, 0.05) is 12.7 Å². The number of nitrogens with one attached hydrogen (secondary N) is 3. The lowest BCUT2D eigenvalue weighted by atomic mass is 9.89. The first-order valence-corrected chi connectivity index (χ1v) is 12.0. The molecule has 1 aromatic carbocycles. The second-order valence-corrected chi connectivity index (χ2v) is 8.90. The van der Waals surface area contributed by atoms with E-state index < -0.39 is 0 Å². The molecule has 2 heterocycles. The van der Waals surface area contributed by atoms with Gasteiger partial charge in [0.05, 0.1) is 10.6 Å². The maximum atomic E-state index is 11.5. The van der Waals surface area contributed by atoms with Crippen molar-refractivity contribution in [1.29, 1.82) is 0 Å². The summed E-state index contributed by atoms with van der Waals surface area (Å²) in [6, 6.07) is 12.2. The Bertz CT molecular complexity index is 914. The van der Waals surface area contributed by atoms with Crippen LogP contribution >= 0.6 is 11.8 Å². The average molecular weight is 454 g/mol. The Morgan fingerprint density at radius 1 is 1.12 bits per heavy atom. The number of likely N-dealkylation sites (N-methyl/N-ethyl adjacent to an activating group) is 1. The predicted octanol–water partition coefficient (Wildman–Crippen LogP) is 4.24. The quantitative estimate of drug-likeness (QED) is 0.540. The summed E-state index contributed by atoms with van der Waals surface area (Å²) in [6.45, 7) is 1.94. The Balaban J connectivity index is 0.000000243. The van der Waals surface area contributed by atoms with Gasteiger partial charge in [0.15, 0.2) is 0 Å². The summed E-state index contributed by atoms with van der Waals surface area (Å²) in [7, 11) is 1.98. The van der Waals surface area contributed by atoms with Gasteiger partial charge >= 0.3 is 0 Å². The first kappa shape index (κ1) is 23.9. The zero-order valence-corrected chi connectivity index (χ0v) is 19.3. The van der Waals surface area contributed by atoms with E-state index in [2.05, 4.69) is 50.2 Å². The van der Waals surface area contributed by atoms with Crippen molar-refractivity contribution in [2.75, 3.05) is 25.5 Å². The van der Waals surface area contributed by atoms with Gasteiger partial charge in [0.1, 0.15) is 0 Å². The lowest BCUT2D eigenvalue weighted by molar-refractivity contribution is -0.115. The third-order valence-electron chi connectivity index (χ3n) is 5.38. The van der Waals surface area contributed by atoms with Crippen LogP contribution in [0.25, 0.3) is 6.08 Å². The van der Waals surface area contributed by atoms with E-state index in [1.165, 1.54) is 37.7 Å². The molecule has 0 atom stereocenters. The van der Waals surface area contributed by atoms with Gasteiger partial charge < -0.3 is 10.6 Å². The summed E-state index contributed by atoms with van der Waals surface area (Å²) in [5, 5.41) is 8.27. The molecule has 32 heavy (non-hydrogen) atoms. The first-order valence-electron chi connectivity index (χ1n) is 11.1. The number of thioether (sulfide) groups is 1. The molecule has 1 aliphatic carbocycles. The Morgan fingerprint density at radius 3 is 2.59 bits per heavy atom. The topological polar surface area (TPSA) is 96.0 Å². The Kier molecular flexibility index (Phi) is 9.71. The Hall–Kier alpha value is -2.71. The molecule has 1 aromatic heterocycles. The molecule has 2 aliphatic rings. The Morgan fingerprint density at radius 2 is 1.91 bits per heavy atom. The highest BCUT2D eigenvalue weighted by Gasteiger charge is 2.25.